The Morgan fingerprint density at radius 1 is 1.57 bits per heavy atom. The number of fused-ring (bicyclic) bond motifs is 1. The molecule has 0 N–H and O–H groups in total. The molecule has 0 aliphatic carbocycles. The predicted molar refractivity (Wildman–Crippen MR) is 79.2 cm³/mol. The average molecular weight is 306 g/mol. The fourth-order valence-electron chi connectivity index (χ4n) is 2.75. The van der Waals surface area contributed by atoms with E-state index in [-0.39, 0.29) is 5.60 Å². The van der Waals surface area contributed by atoms with Crippen LogP contribution in [0.15, 0.2) is 18.2 Å². The summed E-state index contributed by atoms with van der Waals surface area (Å²) in [6, 6.07) is 7.62. The number of nitriles is 1. The summed E-state index contributed by atoms with van der Waals surface area (Å²) in [7, 11) is 1.70. The van der Waals surface area contributed by atoms with Crippen molar-refractivity contribution in [1.29, 1.82) is 5.26 Å². The maximum Gasteiger partial charge on any atom is 0.124 e. The number of hydrogen-bond donors (Lipinski definition) is 0. The fraction of sp³-hybridized carbons (Fsp3) is 0.467. The zero-order chi connectivity index (χ0) is 14.9. The molecule has 1 saturated heterocycles. The van der Waals surface area contributed by atoms with E-state index in [4.69, 9.17) is 26.3 Å². The number of nitrogens with zero attached hydrogens (tertiary/aromatic N) is 3. The number of benzene rings is 1. The van der Waals surface area contributed by atoms with Crippen LogP contribution in [0.2, 0.25) is 0 Å². The Bertz CT molecular complexity index is 699. The maximum absolute atomic E-state index is 9.08. The summed E-state index contributed by atoms with van der Waals surface area (Å²) in [5.41, 5.74) is 2.01. The van der Waals surface area contributed by atoms with Crippen LogP contribution in [0, 0.1) is 11.3 Å². The van der Waals surface area contributed by atoms with Crippen LogP contribution in [-0.2, 0) is 21.9 Å². The summed E-state index contributed by atoms with van der Waals surface area (Å²) in [5, 5.41) is 9.08. The van der Waals surface area contributed by atoms with Gasteiger partial charge in [0, 0.05) is 20.1 Å². The number of alkyl halides is 1. The van der Waals surface area contributed by atoms with Crippen LogP contribution >= 0.6 is 11.6 Å². The molecular formula is C15H16ClN3O2. The zero-order valence-electron chi connectivity index (χ0n) is 11.8. The molecule has 3 rings (SSSR count). The Hall–Kier alpha value is -1.61. The largest absolute Gasteiger partial charge is 0.378 e. The van der Waals surface area contributed by atoms with E-state index in [1.165, 1.54) is 0 Å². The second-order valence-corrected chi connectivity index (χ2v) is 5.52. The molecule has 1 aliphatic rings. The van der Waals surface area contributed by atoms with Gasteiger partial charge in [-0.05, 0) is 18.2 Å². The normalized spacial score (nSPS) is 21.8. The molecule has 0 saturated carbocycles. The van der Waals surface area contributed by atoms with Crippen LogP contribution in [-0.4, -0.2) is 35.5 Å². The molecule has 1 aromatic heterocycles. The highest BCUT2D eigenvalue weighted by atomic mass is 35.5. The van der Waals surface area contributed by atoms with Crippen molar-refractivity contribution in [2.45, 2.75) is 24.4 Å². The van der Waals surface area contributed by atoms with Crippen LogP contribution in [0.3, 0.4) is 0 Å². The second kappa shape index (κ2) is 5.64. The van der Waals surface area contributed by atoms with E-state index in [1.54, 1.807) is 13.2 Å². The van der Waals surface area contributed by atoms with E-state index < -0.39 is 0 Å². The van der Waals surface area contributed by atoms with Crippen molar-refractivity contribution in [3.05, 3.63) is 29.6 Å². The second-order valence-electron chi connectivity index (χ2n) is 5.25. The smallest absolute Gasteiger partial charge is 0.124 e. The summed E-state index contributed by atoms with van der Waals surface area (Å²) in [4.78, 5) is 4.54. The molecule has 0 spiro atoms. The molecule has 0 radical (unpaired) electrons. The molecule has 6 heteroatoms. The van der Waals surface area contributed by atoms with Gasteiger partial charge in [0.25, 0.3) is 0 Å². The van der Waals surface area contributed by atoms with E-state index in [2.05, 4.69) is 11.1 Å². The number of ether oxygens (including phenoxy) is 2. The van der Waals surface area contributed by atoms with E-state index in [1.807, 2.05) is 16.7 Å². The lowest BCUT2D eigenvalue weighted by molar-refractivity contribution is -0.0291. The van der Waals surface area contributed by atoms with Crippen molar-refractivity contribution >= 4 is 22.6 Å². The van der Waals surface area contributed by atoms with Crippen molar-refractivity contribution in [2.75, 3.05) is 20.3 Å². The highest BCUT2D eigenvalue weighted by Gasteiger charge is 2.36. The number of rotatable bonds is 4. The zero-order valence-corrected chi connectivity index (χ0v) is 12.6. The number of hydrogen-bond acceptors (Lipinski definition) is 4. The molecule has 1 fully saturated rings. The number of aromatic nitrogens is 2. The Labute approximate surface area is 128 Å². The van der Waals surface area contributed by atoms with E-state index >= 15 is 0 Å². The van der Waals surface area contributed by atoms with Crippen molar-refractivity contribution in [1.82, 2.24) is 9.55 Å². The molecule has 0 amide bonds. The molecule has 1 aromatic carbocycles. The molecule has 110 valence electrons. The van der Waals surface area contributed by atoms with E-state index in [0.717, 1.165) is 23.3 Å². The minimum absolute atomic E-state index is 0.317. The van der Waals surface area contributed by atoms with Crippen LogP contribution in [0.5, 0.6) is 0 Å². The third kappa shape index (κ3) is 2.51. The highest BCUT2D eigenvalue weighted by Crippen LogP contribution is 2.28. The molecule has 21 heavy (non-hydrogen) atoms. The van der Waals surface area contributed by atoms with Crippen LogP contribution < -0.4 is 0 Å². The number of methoxy groups -OCH3 is 1. The Kier molecular flexibility index (Phi) is 3.85. The first kappa shape index (κ1) is 14.3. The van der Waals surface area contributed by atoms with Crippen molar-refractivity contribution in [3.63, 3.8) is 0 Å². The summed E-state index contributed by atoms with van der Waals surface area (Å²) in [6.45, 7) is 1.87. The van der Waals surface area contributed by atoms with Gasteiger partial charge in [0.2, 0.25) is 0 Å². The number of halogens is 1. The van der Waals surface area contributed by atoms with Gasteiger partial charge < -0.3 is 14.0 Å². The Morgan fingerprint density at radius 3 is 3.05 bits per heavy atom. The molecular weight excluding hydrogens is 290 g/mol. The van der Waals surface area contributed by atoms with Gasteiger partial charge in [-0.25, -0.2) is 4.98 Å². The first-order valence-electron chi connectivity index (χ1n) is 6.79. The molecule has 0 bridgehead atoms. The fourth-order valence-corrected chi connectivity index (χ4v) is 2.95. The minimum atomic E-state index is -0.350. The van der Waals surface area contributed by atoms with Gasteiger partial charge in [0.15, 0.2) is 0 Å². The highest BCUT2D eigenvalue weighted by molar-refractivity contribution is 6.16. The summed E-state index contributed by atoms with van der Waals surface area (Å²) in [6.07, 6.45) is 0.836. The summed E-state index contributed by atoms with van der Waals surface area (Å²) in [5.74, 6) is 1.10. The monoisotopic (exact) mass is 305 g/mol. The lowest BCUT2D eigenvalue weighted by atomic mass is 10.0. The first-order valence-corrected chi connectivity index (χ1v) is 7.33. The van der Waals surface area contributed by atoms with Crippen molar-refractivity contribution < 1.29 is 9.47 Å². The quantitative estimate of drug-likeness (QED) is 0.814. The average Bonchev–Trinajstić information content (AvgIpc) is 3.12. The minimum Gasteiger partial charge on any atom is -0.378 e. The SMILES string of the molecule is COC1(Cn2c(CCl)nc3ccc(C#N)cc32)CCOC1. The Morgan fingerprint density at radius 2 is 2.43 bits per heavy atom. The van der Waals surface area contributed by atoms with Crippen LogP contribution in [0.4, 0.5) is 0 Å². The molecule has 1 atom stereocenters. The van der Waals surface area contributed by atoms with E-state index in [0.29, 0.717) is 31.2 Å². The van der Waals surface area contributed by atoms with Crippen LogP contribution in [0.25, 0.3) is 11.0 Å². The summed E-state index contributed by atoms with van der Waals surface area (Å²) < 4.78 is 13.2. The van der Waals surface area contributed by atoms with Crippen LogP contribution in [0.1, 0.15) is 17.8 Å². The van der Waals surface area contributed by atoms with Gasteiger partial charge in [-0.2, -0.15) is 5.26 Å². The van der Waals surface area contributed by atoms with E-state index in [9.17, 15) is 0 Å². The maximum atomic E-state index is 9.08. The predicted octanol–water partition coefficient (Wildman–Crippen LogP) is 2.45. The van der Waals surface area contributed by atoms with Gasteiger partial charge >= 0.3 is 0 Å². The van der Waals surface area contributed by atoms with Gasteiger partial charge in [0.1, 0.15) is 11.4 Å². The van der Waals surface area contributed by atoms with Gasteiger partial charge in [0.05, 0.1) is 41.7 Å². The first-order chi connectivity index (χ1) is 10.2. The van der Waals surface area contributed by atoms with Gasteiger partial charge in [-0.15, -0.1) is 11.6 Å². The lowest BCUT2D eigenvalue weighted by Crippen LogP contribution is -2.37. The molecule has 1 unspecified atom stereocenters. The van der Waals surface area contributed by atoms with Crippen molar-refractivity contribution in [2.24, 2.45) is 0 Å². The van der Waals surface area contributed by atoms with Gasteiger partial charge in [-0.1, -0.05) is 0 Å². The number of imidazole rings is 1. The van der Waals surface area contributed by atoms with Gasteiger partial charge in [-0.3, -0.25) is 0 Å². The lowest BCUT2D eigenvalue weighted by Gasteiger charge is -2.27. The third-order valence-corrected chi connectivity index (χ3v) is 4.26. The molecule has 5 nitrogen and oxygen atoms in total. The summed E-state index contributed by atoms with van der Waals surface area (Å²) >= 11 is 6.03. The topological polar surface area (TPSA) is 60.1 Å². The van der Waals surface area contributed by atoms with Crippen molar-refractivity contribution in [3.8, 4) is 6.07 Å². The third-order valence-electron chi connectivity index (χ3n) is 4.02. The standard InChI is InChI=1S/C15H16ClN3O2/c1-20-15(4-5-21-10-15)9-19-13-6-11(8-17)2-3-12(13)18-14(19)7-16/h2-3,6H,4-5,7,9-10H2,1H3. The molecule has 1 aliphatic heterocycles. The Balaban J connectivity index is 2.09. The molecule has 2 aromatic rings. The molecule has 2 heterocycles.